The summed E-state index contributed by atoms with van der Waals surface area (Å²) in [7, 11) is -1.98. The predicted molar refractivity (Wildman–Crippen MR) is 125 cm³/mol. The molecule has 0 heterocycles. The van der Waals surface area contributed by atoms with Gasteiger partial charge < -0.3 is 0 Å². The lowest BCUT2D eigenvalue weighted by Gasteiger charge is -2.42. The summed E-state index contributed by atoms with van der Waals surface area (Å²) >= 11 is 0. The van der Waals surface area contributed by atoms with Crippen molar-refractivity contribution in [1.82, 2.24) is 0 Å². The zero-order valence-electron chi connectivity index (χ0n) is 21.0. The van der Waals surface area contributed by atoms with Gasteiger partial charge in [-0.3, -0.25) is 0 Å². The smallest absolute Gasteiger partial charge is 0.194 e. The molecule has 0 nitrogen and oxygen atoms in total. The van der Waals surface area contributed by atoms with E-state index in [0.717, 1.165) is 6.07 Å². The molecule has 0 saturated heterocycles. The van der Waals surface area contributed by atoms with Crippen LogP contribution in [0.5, 0.6) is 0 Å². The second-order valence-electron chi connectivity index (χ2n) is 9.08. The topological polar surface area (TPSA) is 0 Å². The lowest BCUT2D eigenvalue weighted by atomic mass is 9.87. The number of rotatable bonds is 10. The van der Waals surface area contributed by atoms with Crippen molar-refractivity contribution in [3.63, 3.8) is 0 Å². The molecule has 0 aliphatic heterocycles. The Labute approximate surface area is 237 Å². The number of hydrogen-bond donors (Lipinski definition) is 0. The van der Waals surface area contributed by atoms with E-state index in [2.05, 4.69) is 0 Å². The molecule has 44 heavy (non-hydrogen) atoms. The molecule has 0 unspecified atom stereocenters. The van der Waals surface area contributed by atoms with Gasteiger partial charge in [-0.2, -0.15) is 74.6 Å². The van der Waals surface area contributed by atoms with Crippen molar-refractivity contribution in [2.24, 2.45) is 0 Å². The van der Waals surface area contributed by atoms with Gasteiger partial charge in [0.05, 0.1) is 0 Å². The molecule has 3 aromatic rings. The standard InChI is InChI=1S/C26H14F17P/c27-19(28,15-8-7-13-18(14-15)44(16-9-3-1-4-10-16)17-11-5-2-6-12-17)20(29,30)21(31,32)22(33,34)23(35,36)24(37,38)25(39,40)26(41,42)43/h1-14H. The van der Waals surface area contributed by atoms with Crippen LogP contribution in [0.3, 0.4) is 0 Å². The minimum atomic E-state index is -8.67. The predicted octanol–water partition coefficient (Wildman–Crippen LogP) is 8.91. The maximum atomic E-state index is 15.0. The van der Waals surface area contributed by atoms with Crippen LogP contribution in [-0.2, 0) is 5.92 Å². The van der Waals surface area contributed by atoms with Gasteiger partial charge in [-0.15, -0.1) is 0 Å². The number of hydrogen-bond acceptors (Lipinski definition) is 0. The first kappa shape index (κ1) is 35.4. The second kappa shape index (κ2) is 11.1. The lowest BCUT2D eigenvalue weighted by molar-refractivity contribution is -0.462. The van der Waals surface area contributed by atoms with Gasteiger partial charge in [-0.1, -0.05) is 78.9 Å². The van der Waals surface area contributed by atoms with Crippen LogP contribution in [0.4, 0.5) is 74.6 Å². The molecule has 0 aliphatic carbocycles. The molecule has 242 valence electrons. The SMILES string of the molecule is FC(F)(F)C(F)(F)C(F)(F)C(F)(F)C(F)(F)C(F)(F)C(F)(F)C(F)(F)c1cccc(P(c2ccccc2)c2ccccc2)c1. The average Bonchev–Trinajstić information content (AvgIpc) is 2.93. The van der Waals surface area contributed by atoms with E-state index in [-0.39, 0.29) is 17.4 Å². The van der Waals surface area contributed by atoms with Gasteiger partial charge in [0, 0.05) is 5.56 Å². The van der Waals surface area contributed by atoms with Crippen molar-refractivity contribution in [2.75, 3.05) is 0 Å². The van der Waals surface area contributed by atoms with Crippen LogP contribution in [0.25, 0.3) is 0 Å². The van der Waals surface area contributed by atoms with Crippen LogP contribution >= 0.6 is 7.92 Å². The Kier molecular flexibility index (Phi) is 8.89. The zero-order valence-corrected chi connectivity index (χ0v) is 21.8. The van der Waals surface area contributed by atoms with Crippen molar-refractivity contribution >= 4 is 23.8 Å². The fraction of sp³-hybridized carbons (Fsp3) is 0.308. The van der Waals surface area contributed by atoms with Crippen LogP contribution in [0.15, 0.2) is 84.9 Å². The highest BCUT2D eigenvalue weighted by molar-refractivity contribution is 7.79. The number of alkyl halides is 17. The maximum absolute atomic E-state index is 15.0. The molecule has 0 spiro atoms. The minimum absolute atomic E-state index is 0.0281. The van der Waals surface area contributed by atoms with E-state index < -0.39 is 61.1 Å². The molecule has 18 heteroatoms. The molecule has 0 amide bonds. The molecular formula is C26H14F17P. The quantitative estimate of drug-likeness (QED) is 0.148. The highest BCUT2D eigenvalue weighted by atomic mass is 31.1. The van der Waals surface area contributed by atoms with E-state index in [1.54, 1.807) is 0 Å². The highest BCUT2D eigenvalue weighted by Crippen LogP contribution is 2.65. The molecule has 0 fully saturated rings. The molecular weight excluding hydrogens is 666 g/mol. The van der Waals surface area contributed by atoms with E-state index in [1.165, 1.54) is 60.7 Å². The average molecular weight is 680 g/mol. The van der Waals surface area contributed by atoms with Crippen LogP contribution in [-0.4, -0.2) is 41.7 Å². The van der Waals surface area contributed by atoms with Crippen molar-refractivity contribution in [2.45, 2.75) is 47.6 Å². The summed E-state index contributed by atoms with van der Waals surface area (Å²) in [4.78, 5) is 0. The van der Waals surface area contributed by atoms with Gasteiger partial charge in [-0.25, -0.2) is 0 Å². The maximum Gasteiger partial charge on any atom is 0.460 e. The summed E-state index contributed by atoms with van der Waals surface area (Å²) in [6.45, 7) is 0. The van der Waals surface area contributed by atoms with E-state index in [1.807, 2.05) is 0 Å². The van der Waals surface area contributed by atoms with Gasteiger partial charge in [0.25, 0.3) is 0 Å². The fourth-order valence-electron chi connectivity index (χ4n) is 3.79. The zero-order chi connectivity index (χ0) is 33.8. The third-order valence-electron chi connectivity index (χ3n) is 6.22. The molecule has 0 radical (unpaired) electrons. The van der Waals surface area contributed by atoms with E-state index >= 15 is 0 Å². The van der Waals surface area contributed by atoms with Gasteiger partial charge in [0.1, 0.15) is 0 Å². The fourth-order valence-corrected chi connectivity index (χ4v) is 6.13. The molecule has 0 bridgehead atoms. The first-order chi connectivity index (χ1) is 19.8. The van der Waals surface area contributed by atoms with Gasteiger partial charge in [-0.05, 0) is 29.9 Å². The first-order valence-electron chi connectivity index (χ1n) is 11.5. The number of benzene rings is 3. The lowest BCUT2D eigenvalue weighted by Crippen LogP contribution is -2.74. The Morgan fingerprint density at radius 2 is 0.682 bits per heavy atom. The van der Waals surface area contributed by atoms with Crippen molar-refractivity contribution in [3.8, 4) is 0 Å². The molecule has 3 rings (SSSR count). The Morgan fingerprint density at radius 1 is 0.341 bits per heavy atom. The van der Waals surface area contributed by atoms with Crippen LogP contribution in [0.1, 0.15) is 5.56 Å². The Balaban J connectivity index is 2.16. The van der Waals surface area contributed by atoms with Crippen molar-refractivity contribution < 1.29 is 74.6 Å². The molecule has 0 atom stereocenters. The Bertz CT molecular complexity index is 1390. The van der Waals surface area contributed by atoms with Crippen LogP contribution < -0.4 is 15.9 Å². The molecule has 0 aromatic heterocycles. The Morgan fingerprint density at radius 3 is 1.07 bits per heavy atom. The summed E-state index contributed by atoms with van der Waals surface area (Å²) in [5.74, 6) is -56.8. The highest BCUT2D eigenvalue weighted by Gasteiger charge is 2.95. The summed E-state index contributed by atoms with van der Waals surface area (Å²) in [5.41, 5.74) is -2.23. The van der Waals surface area contributed by atoms with E-state index in [9.17, 15) is 74.6 Å². The third kappa shape index (κ3) is 5.18. The van der Waals surface area contributed by atoms with Crippen molar-refractivity contribution in [3.05, 3.63) is 90.5 Å². The summed E-state index contributed by atoms with van der Waals surface area (Å²) in [5, 5.41) is 0.387. The van der Waals surface area contributed by atoms with Crippen molar-refractivity contribution in [1.29, 1.82) is 0 Å². The summed E-state index contributed by atoms with van der Waals surface area (Å²) in [6.07, 6.45) is -7.80. The van der Waals surface area contributed by atoms with Gasteiger partial charge in [0.2, 0.25) is 0 Å². The van der Waals surface area contributed by atoms with E-state index in [0.29, 0.717) is 16.7 Å². The summed E-state index contributed by atoms with van der Waals surface area (Å²) in [6, 6.07) is 16.4. The van der Waals surface area contributed by atoms with Crippen LogP contribution in [0, 0.1) is 0 Å². The normalized spacial score (nSPS) is 14.7. The second-order valence-corrected chi connectivity index (χ2v) is 11.3. The minimum Gasteiger partial charge on any atom is -0.194 e. The molecule has 3 aromatic carbocycles. The van der Waals surface area contributed by atoms with Gasteiger partial charge in [0.15, 0.2) is 0 Å². The van der Waals surface area contributed by atoms with E-state index in [4.69, 9.17) is 0 Å². The van der Waals surface area contributed by atoms with Gasteiger partial charge >= 0.3 is 47.6 Å². The molecule has 0 N–H and O–H groups in total. The Hall–Kier alpha value is -3.10. The monoisotopic (exact) mass is 680 g/mol. The largest absolute Gasteiger partial charge is 0.460 e. The first-order valence-corrected chi connectivity index (χ1v) is 12.9. The van der Waals surface area contributed by atoms with Crippen LogP contribution in [0.2, 0.25) is 0 Å². The molecule has 0 saturated carbocycles. The third-order valence-corrected chi connectivity index (χ3v) is 8.64. The number of halogens is 17. The summed E-state index contributed by atoms with van der Waals surface area (Å²) < 4.78 is 234. The molecule has 0 aliphatic rings.